The summed E-state index contributed by atoms with van der Waals surface area (Å²) in [6.07, 6.45) is -15.4. The van der Waals surface area contributed by atoms with Crippen molar-refractivity contribution in [2.24, 2.45) is 0 Å². The summed E-state index contributed by atoms with van der Waals surface area (Å²) >= 11 is 0. The number of hydrogen-bond donors (Lipinski definition) is 9. The van der Waals surface area contributed by atoms with Crippen molar-refractivity contribution >= 4 is 15.6 Å². The molecule has 21 heteroatoms. The van der Waals surface area contributed by atoms with Gasteiger partial charge in [0.2, 0.25) is 0 Å². The molecular weight excluding hydrogens is 542 g/mol. The maximum atomic E-state index is 12.2. The lowest BCUT2D eigenvalue weighted by atomic mass is 10.00. The molecule has 3 heterocycles. The molecule has 0 radical (unpaired) electrons. The normalized spacial score (nSPS) is 38.4. The van der Waals surface area contributed by atoms with Gasteiger partial charge in [0.1, 0.15) is 42.7 Å². The largest absolute Gasteiger partial charge is 0.483 e. The third-order valence-electron chi connectivity index (χ3n) is 5.16. The number of nitrogens with zero attached hydrogens (tertiary/aromatic N) is 1. The van der Waals surface area contributed by atoms with Crippen LogP contribution in [0.1, 0.15) is 6.23 Å². The van der Waals surface area contributed by atoms with Gasteiger partial charge in [-0.25, -0.2) is 13.9 Å². The number of aliphatic hydroxyl groups is 6. The monoisotopic (exact) mass is 566 g/mol. The van der Waals surface area contributed by atoms with Gasteiger partial charge in [0, 0.05) is 12.3 Å². The van der Waals surface area contributed by atoms with E-state index < -0.39 is 95.4 Å². The minimum Gasteiger partial charge on any atom is -0.394 e. The summed E-state index contributed by atoms with van der Waals surface area (Å²) in [4.78, 5) is 44.5. The van der Waals surface area contributed by atoms with Crippen molar-refractivity contribution in [3.8, 4) is 0 Å². The first-order valence-electron chi connectivity index (χ1n) is 9.99. The Morgan fingerprint density at radius 3 is 2.17 bits per heavy atom. The number of rotatable bonds is 9. The van der Waals surface area contributed by atoms with Gasteiger partial charge in [-0.15, -0.1) is 0 Å². The lowest BCUT2D eigenvalue weighted by Gasteiger charge is -2.39. The second-order valence-electron chi connectivity index (χ2n) is 7.68. The fourth-order valence-corrected chi connectivity index (χ4v) is 5.51. The number of aromatic nitrogens is 2. The molecule has 2 aliphatic rings. The maximum Gasteiger partial charge on any atom is 0.483 e. The molecule has 1 aromatic heterocycles. The number of aromatic amines is 1. The summed E-state index contributed by atoms with van der Waals surface area (Å²) in [5.74, 6) is 0. The molecule has 3 rings (SSSR count). The fourth-order valence-electron chi connectivity index (χ4n) is 3.35. The zero-order chi connectivity index (χ0) is 27.0. The molecule has 11 atom stereocenters. The van der Waals surface area contributed by atoms with Gasteiger partial charge >= 0.3 is 21.3 Å². The van der Waals surface area contributed by atoms with E-state index in [2.05, 4.69) is 13.4 Å². The maximum absolute atomic E-state index is 12.2. The first-order valence-corrected chi connectivity index (χ1v) is 13.0. The van der Waals surface area contributed by atoms with Crippen molar-refractivity contribution in [2.45, 2.75) is 55.2 Å². The number of phosphoric acid groups is 2. The van der Waals surface area contributed by atoms with Crippen LogP contribution >= 0.6 is 15.6 Å². The Kier molecular flexibility index (Phi) is 9.05. The highest BCUT2D eigenvalue weighted by molar-refractivity contribution is 7.61. The van der Waals surface area contributed by atoms with Gasteiger partial charge < -0.3 is 49.9 Å². The zero-order valence-corrected chi connectivity index (χ0v) is 19.6. The fraction of sp³-hybridized carbons (Fsp3) is 0.733. The first-order chi connectivity index (χ1) is 16.7. The molecular formula is C15H24N2O17P2. The molecule has 9 N–H and O–H groups in total. The van der Waals surface area contributed by atoms with Crippen LogP contribution in [0.25, 0.3) is 0 Å². The second kappa shape index (κ2) is 11.2. The smallest absolute Gasteiger partial charge is 0.394 e. The molecule has 2 fully saturated rings. The van der Waals surface area contributed by atoms with Crippen molar-refractivity contribution < 1.29 is 72.4 Å². The quantitative estimate of drug-likeness (QED) is 0.127. The average Bonchev–Trinajstić information content (AvgIpc) is 3.06. The number of phosphoric ester groups is 2. The zero-order valence-electron chi connectivity index (χ0n) is 17.9. The van der Waals surface area contributed by atoms with E-state index in [1.54, 1.807) is 0 Å². The Morgan fingerprint density at radius 2 is 1.56 bits per heavy atom. The highest BCUT2D eigenvalue weighted by Crippen LogP contribution is 2.61. The van der Waals surface area contributed by atoms with E-state index in [0.29, 0.717) is 0 Å². The van der Waals surface area contributed by atoms with Gasteiger partial charge in [0.25, 0.3) is 5.56 Å². The third-order valence-corrected chi connectivity index (χ3v) is 7.76. The van der Waals surface area contributed by atoms with Crippen LogP contribution in [-0.4, -0.2) is 112 Å². The Hall–Kier alpha value is -1.38. The van der Waals surface area contributed by atoms with E-state index in [1.807, 2.05) is 4.98 Å². The molecule has 0 saturated carbocycles. The van der Waals surface area contributed by atoms with E-state index in [0.717, 1.165) is 16.8 Å². The minimum absolute atomic E-state index is 0.723. The van der Waals surface area contributed by atoms with Gasteiger partial charge in [-0.2, -0.15) is 4.31 Å². The summed E-state index contributed by atoms with van der Waals surface area (Å²) in [6.45, 7) is -1.93. The second-order valence-corrected chi connectivity index (χ2v) is 10.7. The van der Waals surface area contributed by atoms with Gasteiger partial charge in [-0.05, 0) is 0 Å². The third kappa shape index (κ3) is 6.54. The summed E-state index contributed by atoms with van der Waals surface area (Å²) in [7, 11) is -11.1. The lowest BCUT2D eigenvalue weighted by Crippen LogP contribution is -2.58. The van der Waals surface area contributed by atoms with Crippen LogP contribution in [0.4, 0.5) is 0 Å². The summed E-state index contributed by atoms with van der Waals surface area (Å²) in [6, 6.07) is 0.928. The minimum atomic E-state index is -5.59. The van der Waals surface area contributed by atoms with Crippen LogP contribution in [0.15, 0.2) is 21.9 Å². The van der Waals surface area contributed by atoms with Crippen molar-refractivity contribution in [3.05, 3.63) is 33.1 Å². The predicted molar refractivity (Wildman–Crippen MR) is 109 cm³/mol. The summed E-state index contributed by atoms with van der Waals surface area (Å²) in [5, 5.41) is 58.6. The van der Waals surface area contributed by atoms with E-state index >= 15 is 0 Å². The molecule has 2 aliphatic heterocycles. The number of aliphatic hydroxyl groups excluding tert-OH is 6. The summed E-state index contributed by atoms with van der Waals surface area (Å²) in [5.41, 5.74) is -1.75. The highest BCUT2D eigenvalue weighted by atomic mass is 31.3. The molecule has 0 aliphatic carbocycles. The van der Waals surface area contributed by atoms with E-state index in [9.17, 15) is 54.0 Å². The van der Waals surface area contributed by atoms with Gasteiger partial charge in [-0.3, -0.25) is 23.4 Å². The Bertz CT molecular complexity index is 1120. The average molecular weight is 566 g/mol. The van der Waals surface area contributed by atoms with Gasteiger partial charge in [0.15, 0.2) is 12.5 Å². The first kappa shape index (κ1) is 29.2. The topological polar surface area (TPSA) is 297 Å². The molecule has 3 unspecified atom stereocenters. The van der Waals surface area contributed by atoms with Crippen molar-refractivity contribution in [2.75, 3.05) is 13.2 Å². The van der Waals surface area contributed by atoms with Crippen LogP contribution in [0.3, 0.4) is 0 Å². The van der Waals surface area contributed by atoms with Crippen LogP contribution < -0.4 is 11.2 Å². The molecule has 1 aromatic rings. The molecule has 0 aromatic carbocycles. The Balaban J connectivity index is 1.61. The van der Waals surface area contributed by atoms with Gasteiger partial charge in [0.05, 0.1) is 13.2 Å². The molecule has 0 spiro atoms. The van der Waals surface area contributed by atoms with E-state index in [1.165, 1.54) is 0 Å². The standard InChI is InChI=1S/C15H24N2O17P2/c18-3-5-8(20)10(22)12(24)14(32-5)33-36(28,29)34-35(26,27)30-4-6-9(21)11(23)13(31-6)17-2-1-7(19)16-15(17)25/h1-2,5-6,8-14,18,20-24H,3-4H2,(H,26,27)(H,28,29)(H,16,19,25)/t5-,6-,8+,9+,10?,11-,12-,13-,14-/m1/s1. The van der Waals surface area contributed by atoms with Crippen LogP contribution in [-0.2, 0) is 32.0 Å². The Labute approximate surface area is 199 Å². The number of H-pyrrole nitrogens is 1. The predicted octanol–water partition coefficient (Wildman–Crippen LogP) is -4.79. The molecule has 206 valence electrons. The summed E-state index contributed by atoms with van der Waals surface area (Å²) < 4.78 is 48.1. The molecule has 36 heavy (non-hydrogen) atoms. The van der Waals surface area contributed by atoms with Crippen LogP contribution in [0.5, 0.6) is 0 Å². The van der Waals surface area contributed by atoms with Crippen molar-refractivity contribution in [3.63, 3.8) is 0 Å². The molecule has 0 amide bonds. The highest BCUT2D eigenvalue weighted by Gasteiger charge is 2.49. The van der Waals surface area contributed by atoms with Crippen LogP contribution in [0, 0.1) is 0 Å². The van der Waals surface area contributed by atoms with Crippen molar-refractivity contribution in [1.82, 2.24) is 9.55 Å². The number of nitrogens with one attached hydrogen (secondary N) is 1. The SMILES string of the molecule is O=c1ccn([C@@H]2O[C@H](COP(=O)(O)OP(=O)(O)O[C@H]3O[C@H](CO)[C@H](O)C(O)[C@H]3O)[C@H](O)[C@H]2O)c(=O)[nH]1. The molecule has 19 nitrogen and oxygen atoms in total. The number of ether oxygens (including phenoxy) is 2. The lowest BCUT2D eigenvalue weighted by molar-refractivity contribution is -0.280. The van der Waals surface area contributed by atoms with Crippen molar-refractivity contribution in [1.29, 1.82) is 0 Å². The molecule has 0 bridgehead atoms. The molecule has 2 saturated heterocycles. The Morgan fingerprint density at radius 1 is 0.917 bits per heavy atom. The van der Waals surface area contributed by atoms with E-state index in [4.69, 9.17) is 14.6 Å². The van der Waals surface area contributed by atoms with Crippen LogP contribution in [0.2, 0.25) is 0 Å². The number of hydrogen-bond acceptors (Lipinski definition) is 15. The van der Waals surface area contributed by atoms with Gasteiger partial charge in [-0.1, -0.05) is 0 Å². The van der Waals surface area contributed by atoms with E-state index in [-0.39, 0.29) is 0 Å².